The molecule has 2 rings (SSSR count). The number of hydrogen-bond acceptors (Lipinski definition) is 4. The van der Waals surface area contributed by atoms with Crippen molar-refractivity contribution in [1.82, 2.24) is 4.98 Å². The lowest BCUT2D eigenvalue weighted by atomic mass is 10.1. The average Bonchev–Trinajstić information content (AvgIpc) is 2.39. The normalized spacial score (nSPS) is 10.2. The first-order valence-corrected chi connectivity index (χ1v) is 5.67. The van der Waals surface area contributed by atoms with Crippen LogP contribution in [0.4, 0.5) is 5.82 Å². The molecule has 1 aromatic carbocycles. The van der Waals surface area contributed by atoms with Crippen LogP contribution in [-0.2, 0) is 0 Å². The molecule has 0 saturated heterocycles. The van der Waals surface area contributed by atoms with Crippen LogP contribution in [0.3, 0.4) is 0 Å². The van der Waals surface area contributed by atoms with E-state index >= 15 is 0 Å². The zero-order chi connectivity index (χ0) is 13.1. The number of nitrogens with zero attached hydrogens (tertiary/aromatic N) is 1. The highest BCUT2D eigenvalue weighted by Crippen LogP contribution is 2.41. The first-order chi connectivity index (χ1) is 8.67. The Morgan fingerprint density at radius 2 is 1.89 bits per heavy atom. The molecule has 0 radical (unpaired) electrons. The minimum absolute atomic E-state index is 0.439. The van der Waals surface area contributed by atoms with Crippen molar-refractivity contribution in [3.05, 3.63) is 35.5 Å². The number of nitrogen functional groups attached to an aromatic ring is 1. The smallest absolute Gasteiger partial charge is 0.149 e. The van der Waals surface area contributed by atoms with E-state index in [2.05, 4.69) is 4.98 Å². The standard InChI is InChI=1S/C13H13ClN2O2/c1-17-10-5-4-9(13(18-2)12(10)14)8-3-6-11(15)16-7-8/h3-7H,1-2H3,(H2,15,16). The number of nitrogens with two attached hydrogens (primary N) is 1. The van der Waals surface area contributed by atoms with Crippen molar-refractivity contribution in [1.29, 1.82) is 0 Å². The van der Waals surface area contributed by atoms with Gasteiger partial charge < -0.3 is 15.2 Å². The predicted molar refractivity (Wildman–Crippen MR) is 72.2 cm³/mol. The van der Waals surface area contributed by atoms with E-state index in [-0.39, 0.29) is 0 Å². The first kappa shape index (κ1) is 12.5. The molecule has 5 heteroatoms. The van der Waals surface area contributed by atoms with Gasteiger partial charge >= 0.3 is 0 Å². The summed E-state index contributed by atoms with van der Waals surface area (Å²) in [6.45, 7) is 0. The van der Waals surface area contributed by atoms with E-state index in [4.69, 9.17) is 26.8 Å². The Bertz CT molecular complexity index is 556. The number of pyridine rings is 1. The number of rotatable bonds is 3. The molecule has 1 aromatic heterocycles. The van der Waals surface area contributed by atoms with E-state index in [1.807, 2.05) is 12.1 Å². The highest BCUT2D eigenvalue weighted by atomic mass is 35.5. The molecule has 94 valence electrons. The maximum absolute atomic E-state index is 6.20. The van der Waals surface area contributed by atoms with Gasteiger partial charge in [-0.1, -0.05) is 11.6 Å². The molecule has 0 saturated carbocycles. The fourth-order valence-corrected chi connectivity index (χ4v) is 2.01. The zero-order valence-corrected chi connectivity index (χ0v) is 10.9. The Labute approximate surface area is 110 Å². The zero-order valence-electron chi connectivity index (χ0n) is 10.1. The van der Waals surface area contributed by atoms with E-state index < -0.39 is 0 Å². The van der Waals surface area contributed by atoms with Crippen molar-refractivity contribution in [2.24, 2.45) is 0 Å². The molecule has 0 aliphatic heterocycles. The van der Waals surface area contributed by atoms with Crippen LogP contribution >= 0.6 is 11.6 Å². The Morgan fingerprint density at radius 1 is 1.11 bits per heavy atom. The van der Waals surface area contributed by atoms with E-state index in [1.165, 1.54) is 0 Å². The maximum Gasteiger partial charge on any atom is 0.149 e. The molecule has 4 nitrogen and oxygen atoms in total. The van der Waals surface area contributed by atoms with Crippen LogP contribution < -0.4 is 15.2 Å². The first-order valence-electron chi connectivity index (χ1n) is 5.29. The number of ether oxygens (including phenoxy) is 2. The molecule has 0 atom stereocenters. The van der Waals surface area contributed by atoms with Gasteiger partial charge in [0, 0.05) is 17.3 Å². The predicted octanol–water partition coefficient (Wildman–Crippen LogP) is 3.00. The topological polar surface area (TPSA) is 57.4 Å². The fraction of sp³-hybridized carbons (Fsp3) is 0.154. The van der Waals surface area contributed by atoms with Crippen molar-refractivity contribution in [2.75, 3.05) is 20.0 Å². The van der Waals surface area contributed by atoms with Gasteiger partial charge in [-0.25, -0.2) is 4.98 Å². The summed E-state index contributed by atoms with van der Waals surface area (Å²) in [5.74, 6) is 1.60. The molecule has 18 heavy (non-hydrogen) atoms. The fourth-order valence-electron chi connectivity index (χ4n) is 1.69. The summed E-state index contributed by atoms with van der Waals surface area (Å²) in [6.07, 6.45) is 1.68. The van der Waals surface area contributed by atoms with Gasteiger partial charge in [0.1, 0.15) is 22.3 Å². The van der Waals surface area contributed by atoms with Crippen LogP contribution in [0.15, 0.2) is 30.5 Å². The molecular formula is C13H13ClN2O2. The second-order valence-corrected chi connectivity index (χ2v) is 4.01. The minimum atomic E-state index is 0.439. The summed E-state index contributed by atoms with van der Waals surface area (Å²) in [4.78, 5) is 4.05. The lowest BCUT2D eigenvalue weighted by Crippen LogP contribution is -1.94. The summed E-state index contributed by atoms with van der Waals surface area (Å²) in [7, 11) is 3.12. The van der Waals surface area contributed by atoms with Gasteiger partial charge in [-0.15, -0.1) is 0 Å². The SMILES string of the molecule is COc1ccc(-c2ccc(N)nc2)c(OC)c1Cl. The lowest BCUT2D eigenvalue weighted by Gasteiger charge is -2.13. The Kier molecular flexibility index (Phi) is 3.58. The molecule has 0 spiro atoms. The molecule has 0 aliphatic carbocycles. The number of aromatic nitrogens is 1. The highest BCUT2D eigenvalue weighted by molar-refractivity contribution is 6.34. The number of benzene rings is 1. The molecule has 0 bridgehead atoms. The van der Waals surface area contributed by atoms with Crippen LogP contribution in [0.25, 0.3) is 11.1 Å². The molecular weight excluding hydrogens is 252 g/mol. The van der Waals surface area contributed by atoms with Crippen molar-refractivity contribution < 1.29 is 9.47 Å². The van der Waals surface area contributed by atoms with Crippen molar-refractivity contribution in [2.45, 2.75) is 0 Å². The summed E-state index contributed by atoms with van der Waals surface area (Å²) in [5, 5.41) is 0.439. The molecule has 0 unspecified atom stereocenters. The lowest BCUT2D eigenvalue weighted by molar-refractivity contribution is 0.396. The number of halogens is 1. The molecule has 0 fully saturated rings. The molecule has 1 heterocycles. The maximum atomic E-state index is 6.20. The second kappa shape index (κ2) is 5.14. The third kappa shape index (κ3) is 2.19. The Hall–Kier alpha value is -1.94. The van der Waals surface area contributed by atoms with Crippen LogP contribution in [0.2, 0.25) is 5.02 Å². The Morgan fingerprint density at radius 3 is 2.44 bits per heavy atom. The van der Waals surface area contributed by atoms with E-state index in [0.717, 1.165) is 11.1 Å². The average molecular weight is 265 g/mol. The van der Waals surface area contributed by atoms with Gasteiger partial charge in [-0.05, 0) is 24.3 Å². The third-order valence-corrected chi connectivity index (χ3v) is 2.94. The number of anilines is 1. The summed E-state index contributed by atoms with van der Waals surface area (Å²) in [6, 6.07) is 7.25. The van der Waals surface area contributed by atoms with Crippen LogP contribution in [0.5, 0.6) is 11.5 Å². The summed E-state index contributed by atoms with van der Waals surface area (Å²) >= 11 is 6.20. The van der Waals surface area contributed by atoms with E-state index in [0.29, 0.717) is 22.3 Å². The van der Waals surface area contributed by atoms with Crippen LogP contribution in [0.1, 0.15) is 0 Å². The van der Waals surface area contributed by atoms with Crippen molar-refractivity contribution in [3.8, 4) is 22.6 Å². The number of methoxy groups -OCH3 is 2. The van der Waals surface area contributed by atoms with Gasteiger partial charge in [-0.2, -0.15) is 0 Å². The second-order valence-electron chi connectivity index (χ2n) is 3.63. The van der Waals surface area contributed by atoms with Gasteiger partial charge in [0.05, 0.1) is 14.2 Å². The Balaban J connectivity index is 2.57. The van der Waals surface area contributed by atoms with Crippen molar-refractivity contribution in [3.63, 3.8) is 0 Å². The minimum Gasteiger partial charge on any atom is -0.495 e. The van der Waals surface area contributed by atoms with E-state index in [9.17, 15) is 0 Å². The monoisotopic (exact) mass is 264 g/mol. The van der Waals surface area contributed by atoms with Gasteiger partial charge in [0.15, 0.2) is 0 Å². The quantitative estimate of drug-likeness (QED) is 0.926. The largest absolute Gasteiger partial charge is 0.495 e. The van der Waals surface area contributed by atoms with Gasteiger partial charge in [0.25, 0.3) is 0 Å². The van der Waals surface area contributed by atoms with Crippen molar-refractivity contribution >= 4 is 17.4 Å². The van der Waals surface area contributed by atoms with E-state index in [1.54, 1.807) is 32.5 Å². The van der Waals surface area contributed by atoms with Crippen LogP contribution in [-0.4, -0.2) is 19.2 Å². The van der Waals surface area contributed by atoms with Gasteiger partial charge in [-0.3, -0.25) is 0 Å². The molecule has 2 N–H and O–H groups in total. The third-order valence-electron chi connectivity index (χ3n) is 2.58. The molecule has 2 aromatic rings. The number of hydrogen-bond donors (Lipinski definition) is 1. The molecule has 0 aliphatic rings. The highest BCUT2D eigenvalue weighted by Gasteiger charge is 2.14. The summed E-state index contributed by atoms with van der Waals surface area (Å²) < 4.78 is 10.5. The molecule has 0 amide bonds. The van der Waals surface area contributed by atoms with Crippen LogP contribution in [0, 0.1) is 0 Å². The van der Waals surface area contributed by atoms with Gasteiger partial charge in [0.2, 0.25) is 0 Å². The summed E-state index contributed by atoms with van der Waals surface area (Å²) in [5.41, 5.74) is 7.29.